The van der Waals surface area contributed by atoms with Gasteiger partial charge >= 0.3 is 0 Å². The first kappa shape index (κ1) is 24.6. The highest BCUT2D eigenvalue weighted by atomic mass is 17.2. The summed E-state index contributed by atoms with van der Waals surface area (Å²) in [4.78, 5) is 12.9. The van der Waals surface area contributed by atoms with E-state index in [4.69, 9.17) is 9.78 Å². The highest BCUT2D eigenvalue weighted by Gasteiger charge is 2.41. The van der Waals surface area contributed by atoms with Crippen LogP contribution in [0.5, 0.6) is 0 Å². The van der Waals surface area contributed by atoms with Crippen molar-refractivity contribution >= 4 is 0 Å². The van der Waals surface area contributed by atoms with Crippen LogP contribution in [-0.2, 0) is 21.0 Å². The van der Waals surface area contributed by atoms with E-state index in [0.717, 1.165) is 36.8 Å². The Hall–Kier alpha value is -1.64. The van der Waals surface area contributed by atoms with Gasteiger partial charge in [0.05, 0.1) is 0 Å². The molecule has 0 bridgehead atoms. The molecular weight excluding hydrogens is 368 g/mol. The van der Waals surface area contributed by atoms with Gasteiger partial charge in [0, 0.05) is 0 Å². The van der Waals surface area contributed by atoms with Crippen molar-refractivity contribution in [2.45, 2.75) is 92.3 Å². The third-order valence-corrected chi connectivity index (χ3v) is 6.72. The van der Waals surface area contributed by atoms with Gasteiger partial charge in [-0.3, -0.25) is 0 Å². The third-order valence-electron chi connectivity index (χ3n) is 6.72. The molecule has 2 rings (SSSR count). The zero-order chi connectivity index (χ0) is 22.5. The largest absolute Gasteiger partial charge is 0.225 e. The summed E-state index contributed by atoms with van der Waals surface area (Å²) in [6, 6.07) is 21.0. The molecule has 2 aromatic carbocycles. The van der Waals surface area contributed by atoms with E-state index in [-0.39, 0.29) is 10.8 Å². The lowest BCUT2D eigenvalue weighted by Crippen LogP contribution is -2.38. The molecule has 0 aliphatic rings. The van der Waals surface area contributed by atoms with E-state index >= 15 is 0 Å². The molecule has 2 unspecified atom stereocenters. The monoisotopic (exact) mass is 410 g/mol. The molecule has 0 N–H and O–H groups in total. The molecule has 0 spiro atoms. The van der Waals surface area contributed by atoms with Crippen molar-refractivity contribution in [1.82, 2.24) is 0 Å². The summed E-state index contributed by atoms with van der Waals surface area (Å²) in [5.41, 5.74) is 1.51. The lowest BCUT2D eigenvalue weighted by atomic mass is 9.76. The first-order chi connectivity index (χ1) is 14.0. The van der Waals surface area contributed by atoms with Gasteiger partial charge in [-0.1, -0.05) is 115 Å². The van der Waals surface area contributed by atoms with Crippen LogP contribution in [0.4, 0.5) is 0 Å². The number of hydrogen-bond acceptors (Lipinski definition) is 2. The second-order valence-corrected chi connectivity index (χ2v) is 10.7. The molecule has 0 saturated heterocycles. The topological polar surface area (TPSA) is 18.5 Å². The summed E-state index contributed by atoms with van der Waals surface area (Å²) >= 11 is 0. The van der Waals surface area contributed by atoms with Gasteiger partial charge in [-0.05, 0) is 48.6 Å². The Labute approximate surface area is 184 Å². The molecule has 2 heteroatoms. The summed E-state index contributed by atoms with van der Waals surface area (Å²) in [6.45, 7) is 18.0. The Morgan fingerprint density at radius 1 is 0.533 bits per heavy atom. The minimum atomic E-state index is -0.535. The van der Waals surface area contributed by atoms with Gasteiger partial charge in [0.1, 0.15) is 11.2 Å². The zero-order valence-corrected chi connectivity index (χ0v) is 20.4. The van der Waals surface area contributed by atoms with Crippen molar-refractivity contribution in [3.05, 3.63) is 71.8 Å². The molecule has 0 heterocycles. The molecule has 0 aliphatic heterocycles. The van der Waals surface area contributed by atoms with Gasteiger partial charge in [0.15, 0.2) is 0 Å². The van der Waals surface area contributed by atoms with Crippen LogP contribution < -0.4 is 0 Å². The molecule has 2 nitrogen and oxygen atoms in total. The Morgan fingerprint density at radius 2 is 0.833 bits per heavy atom. The molecule has 0 amide bonds. The van der Waals surface area contributed by atoms with Crippen LogP contribution in [0.2, 0.25) is 0 Å². The quantitative estimate of drug-likeness (QED) is 0.273. The van der Waals surface area contributed by atoms with Gasteiger partial charge in [0.2, 0.25) is 0 Å². The molecule has 0 aliphatic carbocycles. The normalized spacial score (nSPS) is 16.7. The lowest BCUT2D eigenvalue weighted by molar-refractivity contribution is -0.425. The first-order valence-electron chi connectivity index (χ1n) is 11.4. The Morgan fingerprint density at radius 3 is 1.10 bits per heavy atom. The average molecular weight is 411 g/mol. The molecule has 0 radical (unpaired) electrons. The average Bonchev–Trinajstić information content (AvgIpc) is 2.73. The van der Waals surface area contributed by atoms with E-state index in [1.807, 2.05) is 12.1 Å². The summed E-state index contributed by atoms with van der Waals surface area (Å²) in [6.07, 6.45) is 3.92. The van der Waals surface area contributed by atoms with Crippen LogP contribution in [0.25, 0.3) is 0 Å². The minimum absolute atomic E-state index is 0.139. The van der Waals surface area contributed by atoms with Crippen LogP contribution in [0, 0.1) is 10.8 Å². The third kappa shape index (κ3) is 6.43. The Bertz CT molecular complexity index is 698. The molecule has 2 atom stereocenters. The Kier molecular flexibility index (Phi) is 7.93. The van der Waals surface area contributed by atoms with Crippen LogP contribution >= 0.6 is 0 Å². The number of benzene rings is 2. The molecule has 2 aromatic rings. The summed E-state index contributed by atoms with van der Waals surface area (Å²) < 4.78 is 0. The molecule has 166 valence electrons. The lowest BCUT2D eigenvalue weighted by Gasteiger charge is -2.41. The summed E-state index contributed by atoms with van der Waals surface area (Å²) in [5.74, 6) is 0. The number of rotatable bonds is 11. The summed E-state index contributed by atoms with van der Waals surface area (Å²) in [5, 5.41) is 0. The minimum Gasteiger partial charge on any atom is -0.225 e. The van der Waals surface area contributed by atoms with Crippen LogP contribution in [-0.4, -0.2) is 0 Å². The van der Waals surface area contributed by atoms with Crippen molar-refractivity contribution < 1.29 is 9.78 Å². The van der Waals surface area contributed by atoms with E-state index in [0.29, 0.717) is 0 Å². The summed E-state index contributed by atoms with van der Waals surface area (Å²) in [7, 11) is 0. The predicted molar refractivity (Wildman–Crippen MR) is 127 cm³/mol. The molecular formula is C28H42O2. The first-order valence-corrected chi connectivity index (χ1v) is 11.4. The fourth-order valence-corrected chi connectivity index (χ4v) is 4.20. The van der Waals surface area contributed by atoms with Gasteiger partial charge in [-0.2, -0.15) is 0 Å². The Balaban J connectivity index is 2.39. The van der Waals surface area contributed by atoms with Gasteiger partial charge in [-0.15, -0.1) is 0 Å². The predicted octanol–water partition coefficient (Wildman–Crippen LogP) is 8.42. The van der Waals surface area contributed by atoms with Gasteiger partial charge in [0.25, 0.3) is 0 Å². The fourth-order valence-electron chi connectivity index (χ4n) is 4.20. The van der Waals surface area contributed by atoms with Crippen molar-refractivity contribution in [2.75, 3.05) is 0 Å². The van der Waals surface area contributed by atoms with E-state index in [1.165, 1.54) is 0 Å². The second-order valence-electron chi connectivity index (χ2n) is 10.7. The second kappa shape index (κ2) is 9.66. The van der Waals surface area contributed by atoms with Crippen LogP contribution in [0.3, 0.4) is 0 Å². The maximum absolute atomic E-state index is 6.46. The highest BCUT2D eigenvalue weighted by Crippen LogP contribution is 2.44. The van der Waals surface area contributed by atoms with Crippen LogP contribution in [0.15, 0.2) is 60.7 Å². The van der Waals surface area contributed by atoms with E-state index in [1.54, 1.807) is 0 Å². The standard InChI is InChI=1S/C28H42O2/c1-9-25(3,4)21-27(7,23-17-13-11-14-18-23)29-30-28(8,22-26(5,6)10-2)24-19-15-12-16-20-24/h11-20H,9-10,21-22H2,1-8H3. The van der Waals surface area contributed by atoms with Crippen LogP contribution in [0.1, 0.15) is 92.2 Å². The maximum Gasteiger partial charge on any atom is 0.126 e. The molecule has 0 aromatic heterocycles. The smallest absolute Gasteiger partial charge is 0.126 e. The maximum atomic E-state index is 6.46. The van der Waals surface area contributed by atoms with E-state index in [2.05, 4.69) is 104 Å². The van der Waals surface area contributed by atoms with Gasteiger partial charge < -0.3 is 0 Å². The number of hydrogen-bond donors (Lipinski definition) is 0. The highest BCUT2D eigenvalue weighted by molar-refractivity contribution is 5.23. The molecule has 30 heavy (non-hydrogen) atoms. The molecule has 0 saturated carbocycles. The van der Waals surface area contributed by atoms with Crippen molar-refractivity contribution in [2.24, 2.45) is 10.8 Å². The van der Waals surface area contributed by atoms with E-state index in [9.17, 15) is 0 Å². The van der Waals surface area contributed by atoms with Crippen molar-refractivity contribution in [1.29, 1.82) is 0 Å². The zero-order valence-electron chi connectivity index (χ0n) is 20.4. The SMILES string of the molecule is CCC(C)(C)CC(C)(OOC(C)(CC(C)(C)CC)c1ccccc1)c1ccccc1. The fraction of sp³-hybridized carbons (Fsp3) is 0.571. The van der Waals surface area contributed by atoms with Crippen molar-refractivity contribution in [3.63, 3.8) is 0 Å². The van der Waals surface area contributed by atoms with Gasteiger partial charge in [-0.25, -0.2) is 9.78 Å². The van der Waals surface area contributed by atoms with Crippen molar-refractivity contribution in [3.8, 4) is 0 Å². The molecule has 0 fully saturated rings. The van der Waals surface area contributed by atoms with E-state index < -0.39 is 11.2 Å².